The first-order valence-electron chi connectivity index (χ1n) is 5.92. The summed E-state index contributed by atoms with van der Waals surface area (Å²) in [6.45, 7) is 0. The lowest BCUT2D eigenvalue weighted by molar-refractivity contribution is 0.702. The molecule has 0 amide bonds. The Morgan fingerprint density at radius 3 is 2.38 bits per heavy atom. The maximum Gasteiger partial charge on any atom is 0.0748 e. The molecule has 1 N–H and O–H groups in total. The van der Waals surface area contributed by atoms with Gasteiger partial charge < -0.3 is 0 Å². The molecule has 2 nitrogen and oxygen atoms in total. The van der Waals surface area contributed by atoms with Crippen LogP contribution >= 0.6 is 11.6 Å². The van der Waals surface area contributed by atoms with E-state index in [9.17, 15) is 0 Å². The average Bonchev–Trinajstić information content (AvgIpc) is 2.56. The molecular weight excluding hydrogens is 220 g/mol. The Morgan fingerprint density at radius 1 is 1.00 bits per heavy atom. The Labute approximate surface area is 102 Å². The zero-order valence-corrected chi connectivity index (χ0v) is 10.1. The van der Waals surface area contributed by atoms with Crippen molar-refractivity contribution < 1.29 is 0 Å². The quantitative estimate of drug-likeness (QED) is 0.595. The molecule has 1 aromatic carbocycles. The number of rotatable bonds is 2. The number of nitrogens with one attached hydrogen (secondary N) is 1. The third-order valence-corrected chi connectivity index (χ3v) is 3.22. The second kappa shape index (κ2) is 5.90. The molecule has 0 aromatic heterocycles. The number of hydrogen-bond donors (Lipinski definition) is 1. The van der Waals surface area contributed by atoms with Crippen molar-refractivity contribution in [3.63, 3.8) is 0 Å². The van der Waals surface area contributed by atoms with Crippen LogP contribution in [0.3, 0.4) is 0 Å². The lowest BCUT2D eigenvalue weighted by Gasteiger charge is -2.05. The number of anilines is 1. The van der Waals surface area contributed by atoms with Crippen LogP contribution in [0.4, 0.5) is 5.69 Å². The van der Waals surface area contributed by atoms with Crippen molar-refractivity contribution in [3.05, 3.63) is 29.3 Å². The highest BCUT2D eigenvalue weighted by Gasteiger charge is 2.05. The van der Waals surface area contributed by atoms with E-state index < -0.39 is 0 Å². The summed E-state index contributed by atoms with van der Waals surface area (Å²) in [6.07, 6.45) is 7.46. The molecule has 1 aliphatic carbocycles. The van der Waals surface area contributed by atoms with Crippen LogP contribution in [0, 0.1) is 0 Å². The Balaban J connectivity index is 1.99. The van der Waals surface area contributed by atoms with Gasteiger partial charge in [-0.15, -0.1) is 0 Å². The molecule has 2 rings (SSSR count). The van der Waals surface area contributed by atoms with Gasteiger partial charge in [0.1, 0.15) is 0 Å². The number of hydrazone groups is 1. The van der Waals surface area contributed by atoms with Crippen molar-refractivity contribution in [2.24, 2.45) is 5.10 Å². The van der Waals surface area contributed by atoms with Crippen molar-refractivity contribution in [1.29, 1.82) is 0 Å². The van der Waals surface area contributed by atoms with E-state index in [-0.39, 0.29) is 0 Å². The van der Waals surface area contributed by atoms with Crippen molar-refractivity contribution >= 4 is 23.0 Å². The minimum absolute atomic E-state index is 0.723. The molecule has 0 atom stereocenters. The standard InChI is InChI=1S/C13H17ClN2/c14-12-9-5-6-10-13(12)16-15-11-7-3-1-2-4-8-11/h5-6,9-10,16H,1-4,7-8H2. The van der Waals surface area contributed by atoms with Crippen LogP contribution in [0.25, 0.3) is 0 Å². The molecule has 16 heavy (non-hydrogen) atoms. The molecule has 0 saturated heterocycles. The van der Waals surface area contributed by atoms with Gasteiger partial charge in [-0.2, -0.15) is 5.10 Å². The number of hydrogen-bond acceptors (Lipinski definition) is 2. The number of nitrogens with zero attached hydrogens (tertiary/aromatic N) is 1. The fraction of sp³-hybridized carbons (Fsp3) is 0.462. The van der Waals surface area contributed by atoms with Gasteiger partial charge in [-0.05, 0) is 37.8 Å². The average molecular weight is 237 g/mol. The largest absolute Gasteiger partial charge is 0.277 e. The van der Waals surface area contributed by atoms with Gasteiger partial charge >= 0.3 is 0 Å². The Bertz CT molecular complexity index is 364. The van der Waals surface area contributed by atoms with Crippen LogP contribution < -0.4 is 5.43 Å². The summed E-state index contributed by atoms with van der Waals surface area (Å²) in [6, 6.07) is 7.70. The first kappa shape index (κ1) is 11.5. The zero-order chi connectivity index (χ0) is 11.2. The third kappa shape index (κ3) is 3.24. The normalized spacial score (nSPS) is 16.7. The van der Waals surface area contributed by atoms with Gasteiger partial charge in [-0.1, -0.05) is 36.6 Å². The lowest BCUT2D eigenvalue weighted by atomic mass is 10.2. The molecule has 0 aliphatic heterocycles. The van der Waals surface area contributed by atoms with Crippen molar-refractivity contribution in [1.82, 2.24) is 0 Å². The Hall–Kier alpha value is -1.02. The summed E-state index contributed by atoms with van der Waals surface area (Å²) in [5, 5.41) is 5.18. The van der Waals surface area contributed by atoms with E-state index in [2.05, 4.69) is 10.5 Å². The van der Waals surface area contributed by atoms with Crippen LogP contribution in [0.5, 0.6) is 0 Å². The van der Waals surface area contributed by atoms with E-state index in [4.69, 9.17) is 11.6 Å². The molecule has 0 spiro atoms. The van der Waals surface area contributed by atoms with Crippen LogP contribution in [0.1, 0.15) is 38.5 Å². The number of halogens is 1. The summed E-state index contributed by atoms with van der Waals surface area (Å²) in [5.74, 6) is 0. The summed E-state index contributed by atoms with van der Waals surface area (Å²) < 4.78 is 0. The minimum atomic E-state index is 0.723. The van der Waals surface area contributed by atoms with E-state index in [1.165, 1.54) is 31.4 Å². The van der Waals surface area contributed by atoms with Gasteiger partial charge in [0.15, 0.2) is 0 Å². The molecule has 0 heterocycles. The van der Waals surface area contributed by atoms with E-state index in [1.54, 1.807) is 0 Å². The maximum atomic E-state index is 6.04. The predicted octanol–water partition coefficient (Wildman–Crippen LogP) is 4.46. The molecular formula is C13H17ClN2. The van der Waals surface area contributed by atoms with E-state index in [1.807, 2.05) is 24.3 Å². The smallest absolute Gasteiger partial charge is 0.0748 e. The summed E-state index contributed by atoms with van der Waals surface area (Å²) >= 11 is 6.04. The fourth-order valence-electron chi connectivity index (χ4n) is 1.94. The summed E-state index contributed by atoms with van der Waals surface area (Å²) in [5.41, 5.74) is 5.23. The lowest BCUT2D eigenvalue weighted by Crippen LogP contribution is -2.00. The van der Waals surface area contributed by atoms with Crippen molar-refractivity contribution in [2.75, 3.05) is 5.43 Å². The van der Waals surface area contributed by atoms with Crippen LogP contribution in [-0.2, 0) is 0 Å². The maximum absolute atomic E-state index is 6.04. The Kier molecular flexibility index (Phi) is 4.23. The minimum Gasteiger partial charge on any atom is -0.277 e. The monoisotopic (exact) mass is 236 g/mol. The molecule has 1 fully saturated rings. The van der Waals surface area contributed by atoms with Gasteiger partial charge in [0.05, 0.1) is 10.7 Å². The highest BCUT2D eigenvalue weighted by atomic mass is 35.5. The Morgan fingerprint density at radius 2 is 1.69 bits per heavy atom. The molecule has 0 unspecified atom stereocenters. The van der Waals surface area contributed by atoms with Gasteiger partial charge in [-0.3, -0.25) is 5.43 Å². The van der Waals surface area contributed by atoms with E-state index in [0.29, 0.717) is 0 Å². The first-order valence-corrected chi connectivity index (χ1v) is 6.30. The first-order chi connectivity index (χ1) is 7.86. The van der Waals surface area contributed by atoms with Crippen LogP contribution in [-0.4, -0.2) is 5.71 Å². The SMILES string of the molecule is Clc1ccccc1NN=C1CCCCCC1. The highest BCUT2D eigenvalue weighted by Crippen LogP contribution is 2.21. The summed E-state index contributed by atoms with van der Waals surface area (Å²) in [4.78, 5) is 0. The van der Waals surface area contributed by atoms with Gasteiger partial charge in [0.2, 0.25) is 0 Å². The topological polar surface area (TPSA) is 24.4 Å². The molecule has 86 valence electrons. The molecule has 1 aliphatic rings. The molecule has 3 heteroatoms. The summed E-state index contributed by atoms with van der Waals surface area (Å²) in [7, 11) is 0. The second-order valence-corrected chi connectivity index (χ2v) is 4.59. The number of benzene rings is 1. The molecule has 1 aromatic rings. The van der Waals surface area contributed by atoms with E-state index in [0.717, 1.165) is 23.6 Å². The van der Waals surface area contributed by atoms with Gasteiger partial charge in [0.25, 0.3) is 0 Å². The molecule has 1 saturated carbocycles. The van der Waals surface area contributed by atoms with Crippen molar-refractivity contribution in [2.45, 2.75) is 38.5 Å². The van der Waals surface area contributed by atoms with Crippen molar-refractivity contribution in [3.8, 4) is 0 Å². The molecule has 0 bridgehead atoms. The van der Waals surface area contributed by atoms with Gasteiger partial charge in [-0.25, -0.2) is 0 Å². The second-order valence-electron chi connectivity index (χ2n) is 4.18. The molecule has 0 radical (unpaired) electrons. The van der Waals surface area contributed by atoms with E-state index >= 15 is 0 Å². The van der Waals surface area contributed by atoms with Gasteiger partial charge in [0, 0.05) is 5.71 Å². The highest BCUT2D eigenvalue weighted by molar-refractivity contribution is 6.33. The number of para-hydroxylation sites is 1. The fourth-order valence-corrected chi connectivity index (χ4v) is 2.12. The zero-order valence-electron chi connectivity index (χ0n) is 9.38. The third-order valence-electron chi connectivity index (χ3n) is 2.89. The predicted molar refractivity (Wildman–Crippen MR) is 70.2 cm³/mol. The van der Waals surface area contributed by atoms with Crippen LogP contribution in [0.2, 0.25) is 5.02 Å². The van der Waals surface area contributed by atoms with Crippen LogP contribution in [0.15, 0.2) is 29.4 Å².